The second-order valence-corrected chi connectivity index (χ2v) is 4.15. The average molecular weight is 198 g/mol. The standard InChI is InChI=1S/C10H18N2O2/c1-7(2)9(11)10(14)12-5-3-4-8(12)6-13/h6-9H,3-5,11H2,1-2H3/t8-,9+/m1/s1. The first-order valence-corrected chi connectivity index (χ1v) is 5.09. The third-order valence-electron chi connectivity index (χ3n) is 2.74. The molecule has 1 rings (SSSR count). The summed E-state index contributed by atoms with van der Waals surface area (Å²) < 4.78 is 0. The first kappa shape index (κ1) is 11.2. The number of aldehydes is 1. The van der Waals surface area contributed by atoms with Crippen LogP contribution in [0.2, 0.25) is 0 Å². The van der Waals surface area contributed by atoms with Crippen molar-refractivity contribution < 1.29 is 9.59 Å². The fraction of sp³-hybridized carbons (Fsp3) is 0.800. The Kier molecular flexibility index (Phi) is 3.63. The van der Waals surface area contributed by atoms with Gasteiger partial charge in [-0.15, -0.1) is 0 Å². The minimum absolute atomic E-state index is 0.0883. The molecule has 0 bridgehead atoms. The van der Waals surface area contributed by atoms with E-state index in [9.17, 15) is 9.59 Å². The van der Waals surface area contributed by atoms with Crippen LogP contribution in [0.4, 0.5) is 0 Å². The molecule has 0 aliphatic carbocycles. The van der Waals surface area contributed by atoms with E-state index >= 15 is 0 Å². The maximum absolute atomic E-state index is 11.8. The summed E-state index contributed by atoms with van der Waals surface area (Å²) in [6, 6.07) is -0.720. The van der Waals surface area contributed by atoms with E-state index in [2.05, 4.69) is 0 Å². The first-order valence-electron chi connectivity index (χ1n) is 5.09. The summed E-state index contributed by atoms with van der Waals surface area (Å²) in [5.41, 5.74) is 5.75. The Bertz CT molecular complexity index is 228. The molecule has 0 aromatic rings. The summed E-state index contributed by atoms with van der Waals surface area (Å²) in [7, 11) is 0. The van der Waals surface area contributed by atoms with Crippen LogP contribution in [0.25, 0.3) is 0 Å². The van der Waals surface area contributed by atoms with Crippen LogP contribution in [0, 0.1) is 5.92 Å². The molecule has 0 saturated carbocycles. The number of nitrogens with zero attached hydrogens (tertiary/aromatic N) is 1. The summed E-state index contributed by atoms with van der Waals surface area (Å²) >= 11 is 0. The van der Waals surface area contributed by atoms with E-state index in [1.54, 1.807) is 4.90 Å². The van der Waals surface area contributed by atoms with E-state index in [4.69, 9.17) is 5.73 Å². The highest BCUT2D eigenvalue weighted by Crippen LogP contribution is 2.17. The Labute approximate surface area is 84.4 Å². The van der Waals surface area contributed by atoms with E-state index in [0.717, 1.165) is 19.1 Å². The van der Waals surface area contributed by atoms with Gasteiger partial charge in [0.05, 0.1) is 12.1 Å². The van der Waals surface area contributed by atoms with Gasteiger partial charge in [-0.3, -0.25) is 4.79 Å². The van der Waals surface area contributed by atoms with E-state index in [-0.39, 0.29) is 17.9 Å². The van der Waals surface area contributed by atoms with Crippen molar-refractivity contribution in [3.05, 3.63) is 0 Å². The molecule has 1 heterocycles. The number of hydrogen-bond donors (Lipinski definition) is 1. The fourth-order valence-electron chi connectivity index (χ4n) is 1.68. The van der Waals surface area contributed by atoms with Crippen LogP contribution in [0.1, 0.15) is 26.7 Å². The monoisotopic (exact) mass is 198 g/mol. The SMILES string of the molecule is CC(C)[C@H](N)C(=O)N1CCC[C@@H]1C=O. The van der Waals surface area contributed by atoms with E-state index < -0.39 is 6.04 Å². The molecule has 0 aromatic carbocycles. The Morgan fingerprint density at radius 1 is 1.57 bits per heavy atom. The smallest absolute Gasteiger partial charge is 0.240 e. The molecular weight excluding hydrogens is 180 g/mol. The zero-order valence-corrected chi connectivity index (χ0v) is 8.77. The molecule has 4 heteroatoms. The van der Waals surface area contributed by atoms with Crippen molar-refractivity contribution in [1.29, 1.82) is 0 Å². The summed E-state index contributed by atoms with van der Waals surface area (Å²) in [5.74, 6) is 0.0324. The van der Waals surface area contributed by atoms with Gasteiger partial charge in [0.2, 0.25) is 5.91 Å². The van der Waals surface area contributed by atoms with Gasteiger partial charge in [0, 0.05) is 6.54 Å². The molecule has 1 aliphatic rings. The molecule has 0 aromatic heterocycles. The molecule has 2 atom stereocenters. The van der Waals surface area contributed by atoms with Gasteiger partial charge in [-0.2, -0.15) is 0 Å². The van der Waals surface area contributed by atoms with E-state index in [0.29, 0.717) is 6.54 Å². The topological polar surface area (TPSA) is 63.4 Å². The molecule has 0 radical (unpaired) electrons. The molecule has 1 aliphatic heterocycles. The first-order chi connectivity index (χ1) is 6.57. The molecular formula is C10H18N2O2. The third-order valence-corrected chi connectivity index (χ3v) is 2.74. The largest absolute Gasteiger partial charge is 0.332 e. The van der Waals surface area contributed by atoms with Crippen molar-refractivity contribution in [1.82, 2.24) is 4.90 Å². The third kappa shape index (κ3) is 2.12. The van der Waals surface area contributed by atoms with Crippen molar-refractivity contribution in [3.63, 3.8) is 0 Å². The zero-order chi connectivity index (χ0) is 10.7. The number of nitrogens with two attached hydrogens (primary N) is 1. The number of carbonyl (C=O) groups is 2. The minimum Gasteiger partial charge on any atom is -0.332 e. The minimum atomic E-state index is -0.476. The lowest BCUT2D eigenvalue weighted by molar-refractivity contribution is -0.136. The van der Waals surface area contributed by atoms with Crippen molar-refractivity contribution in [3.8, 4) is 0 Å². The molecule has 1 fully saturated rings. The maximum Gasteiger partial charge on any atom is 0.240 e. The Hall–Kier alpha value is -0.900. The lowest BCUT2D eigenvalue weighted by atomic mass is 10.0. The molecule has 0 spiro atoms. The molecule has 1 saturated heterocycles. The van der Waals surface area contributed by atoms with Gasteiger partial charge in [-0.25, -0.2) is 0 Å². The highest BCUT2D eigenvalue weighted by atomic mass is 16.2. The van der Waals surface area contributed by atoms with Gasteiger partial charge >= 0.3 is 0 Å². The summed E-state index contributed by atoms with van der Waals surface area (Å²) in [6.45, 7) is 4.49. The predicted molar refractivity (Wildman–Crippen MR) is 53.6 cm³/mol. The summed E-state index contributed by atoms with van der Waals surface area (Å²) in [6.07, 6.45) is 2.53. The van der Waals surface area contributed by atoms with Gasteiger partial charge < -0.3 is 15.4 Å². The lowest BCUT2D eigenvalue weighted by Gasteiger charge is -2.25. The quantitative estimate of drug-likeness (QED) is 0.657. The number of likely N-dealkylation sites (tertiary alicyclic amines) is 1. The number of carbonyl (C=O) groups excluding carboxylic acids is 2. The molecule has 0 unspecified atom stereocenters. The molecule has 80 valence electrons. The average Bonchev–Trinajstić information content (AvgIpc) is 2.62. The predicted octanol–water partition coefficient (Wildman–Crippen LogP) is 0.160. The van der Waals surface area contributed by atoms with Crippen molar-refractivity contribution in [2.24, 2.45) is 11.7 Å². The lowest BCUT2D eigenvalue weighted by Crippen LogP contribution is -2.48. The Balaban J connectivity index is 2.64. The van der Waals surface area contributed by atoms with Crippen LogP contribution >= 0.6 is 0 Å². The van der Waals surface area contributed by atoms with E-state index in [1.807, 2.05) is 13.8 Å². The maximum atomic E-state index is 11.8. The second kappa shape index (κ2) is 4.55. The number of rotatable bonds is 3. The Morgan fingerprint density at radius 3 is 2.71 bits per heavy atom. The van der Waals surface area contributed by atoms with Crippen molar-refractivity contribution >= 4 is 12.2 Å². The van der Waals surface area contributed by atoms with Crippen LogP contribution in [0.5, 0.6) is 0 Å². The summed E-state index contributed by atoms with van der Waals surface area (Å²) in [5, 5.41) is 0. The van der Waals surface area contributed by atoms with Crippen molar-refractivity contribution in [2.75, 3.05) is 6.54 Å². The zero-order valence-electron chi connectivity index (χ0n) is 8.77. The highest BCUT2D eigenvalue weighted by Gasteiger charge is 2.32. The van der Waals surface area contributed by atoms with Gasteiger partial charge in [-0.1, -0.05) is 13.8 Å². The molecule has 1 amide bonds. The molecule has 4 nitrogen and oxygen atoms in total. The highest BCUT2D eigenvalue weighted by molar-refractivity contribution is 5.85. The van der Waals surface area contributed by atoms with Crippen LogP contribution in [-0.4, -0.2) is 35.7 Å². The van der Waals surface area contributed by atoms with Crippen LogP contribution < -0.4 is 5.73 Å². The number of amides is 1. The van der Waals surface area contributed by atoms with Gasteiger partial charge in [0.1, 0.15) is 6.29 Å². The van der Waals surface area contributed by atoms with Gasteiger partial charge in [0.25, 0.3) is 0 Å². The molecule has 14 heavy (non-hydrogen) atoms. The van der Waals surface area contributed by atoms with Gasteiger partial charge in [0.15, 0.2) is 0 Å². The number of hydrogen-bond acceptors (Lipinski definition) is 3. The Morgan fingerprint density at radius 2 is 2.21 bits per heavy atom. The molecule has 2 N–H and O–H groups in total. The van der Waals surface area contributed by atoms with E-state index in [1.165, 1.54) is 0 Å². The van der Waals surface area contributed by atoms with Crippen LogP contribution in [0.15, 0.2) is 0 Å². The van der Waals surface area contributed by atoms with Crippen LogP contribution in [-0.2, 0) is 9.59 Å². The van der Waals surface area contributed by atoms with Crippen molar-refractivity contribution in [2.45, 2.75) is 38.8 Å². The van der Waals surface area contributed by atoms with Crippen LogP contribution in [0.3, 0.4) is 0 Å². The fourth-order valence-corrected chi connectivity index (χ4v) is 1.68. The van der Waals surface area contributed by atoms with Gasteiger partial charge in [-0.05, 0) is 18.8 Å². The second-order valence-electron chi connectivity index (χ2n) is 4.15. The summed E-state index contributed by atoms with van der Waals surface area (Å²) in [4.78, 5) is 24.1. The normalized spacial score (nSPS) is 24.0.